The average molecular weight is 817 g/mol. The van der Waals surface area contributed by atoms with Crippen molar-refractivity contribution in [1.29, 1.82) is 0 Å². The molecule has 304 valence electrons. The van der Waals surface area contributed by atoms with Gasteiger partial charge < -0.3 is 0 Å². The Morgan fingerprint density at radius 3 is 0.422 bits per heavy atom. The minimum atomic E-state index is 0.385. The van der Waals surface area contributed by atoms with Crippen LogP contribution in [0, 0.1) is 0 Å². The molecule has 16 unspecified atom stereocenters. The van der Waals surface area contributed by atoms with Gasteiger partial charge in [-0.3, -0.25) is 0 Å². The van der Waals surface area contributed by atoms with Crippen LogP contribution in [0.1, 0.15) is 184 Å². The number of hydrogen-bond donors (Lipinski definition) is 0. The lowest BCUT2D eigenvalue weighted by Gasteiger charge is -2.63. The molecule has 8 aromatic carbocycles. The van der Waals surface area contributed by atoms with E-state index in [9.17, 15) is 0 Å². The summed E-state index contributed by atoms with van der Waals surface area (Å²) in [6.45, 7) is 0. The predicted octanol–water partition coefficient (Wildman–Crippen LogP) is 15.0. The largest absolute Gasteiger partial charge is 0.0620 e. The van der Waals surface area contributed by atoms with E-state index >= 15 is 0 Å². The van der Waals surface area contributed by atoms with E-state index in [1.807, 2.05) is 0 Å². The standard InChI is InChI=1S/C64H48/c1-2-22-42-41(21-1)57-49-33-13-9-16-36(29-33)53-54-38-18-10-14-34(30-38)50(49)59(57)43-23-3-4-24-44(43)60-52-37-17-12-20-40(32-37)56-55(39-19-11-15-35(31-39)51(52)58(42)60)63-46-26-6-5-25-45(46)61(53)62(54)47-27-7-8-28-48(47)64(56)63/h1-32,49-64H. The zero-order chi connectivity index (χ0) is 41.1. The zero-order valence-corrected chi connectivity index (χ0v) is 35.7. The van der Waals surface area contributed by atoms with Gasteiger partial charge in [0, 0.05) is 0 Å². The van der Waals surface area contributed by atoms with E-state index in [2.05, 4.69) is 194 Å². The third-order valence-corrected chi connectivity index (χ3v) is 19.8. The van der Waals surface area contributed by atoms with Crippen molar-refractivity contribution in [2.75, 3.05) is 0 Å². The number of rotatable bonds is 0. The molecule has 0 aromatic heterocycles. The van der Waals surface area contributed by atoms with E-state index < -0.39 is 0 Å². The minimum absolute atomic E-state index is 0.385. The minimum Gasteiger partial charge on any atom is -0.0620 e. The first-order valence-electron chi connectivity index (χ1n) is 24.5. The molecule has 0 nitrogen and oxygen atoms in total. The molecule has 0 saturated heterocycles. The molecule has 8 aromatic rings. The molecule has 4 saturated carbocycles. The van der Waals surface area contributed by atoms with E-state index in [1.54, 1.807) is 89.0 Å². The first-order valence-corrected chi connectivity index (χ1v) is 24.5. The van der Waals surface area contributed by atoms with Crippen molar-refractivity contribution in [2.45, 2.75) is 94.7 Å². The molecule has 0 amide bonds. The van der Waals surface area contributed by atoms with Crippen molar-refractivity contribution in [2.24, 2.45) is 0 Å². The van der Waals surface area contributed by atoms with E-state index in [-0.39, 0.29) is 0 Å². The van der Waals surface area contributed by atoms with Gasteiger partial charge in [0.2, 0.25) is 0 Å². The van der Waals surface area contributed by atoms with Gasteiger partial charge in [-0.25, -0.2) is 0 Å². The van der Waals surface area contributed by atoms with Crippen LogP contribution in [0.25, 0.3) is 0 Å². The van der Waals surface area contributed by atoms with E-state index in [4.69, 9.17) is 0 Å². The van der Waals surface area contributed by atoms with Crippen LogP contribution in [0.3, 0.4) is 0 Å². The van der Waals surface area contributed by atoms with Gasteiger partial charge in [-0.05, 0) is 184 Å². The highest BCUT2D eigenvalue weighted by Gasteiger charge is 2.64. The van der Waals surface area contributed by atoms with E-state index in [1.165, 1.54) is 0 Å². The lowest BCUT2D eigenvalue weighted by Crippen LogP contribution is -2.49. The molecular weight excluding hydrogens is 769 g/mol. The van der Waals surface area contributed by atoms with Gasteiger partial charge in [-0.1, -0.05) is 194 Å². The Labute approximate surface area is 376 Å². The van der Waals surface area contributed by atoms with Crippen LogP contribution in [0.4, 0.5) is 0 Å². The second-order valence-electron chi connectivity index (χ2n) is 21.6. The maximum Gasteiger partial charge on any atom is -0.000910 e. The van der Waals surface area contributed by atoms with Crippen LogP contribution in [0.2, 0.25) is 0 Å². The molecule has 16 atom stereocenters. The third kappa shape index (κ3) is 3.95. The van der Waals surface area contributed by atoms with Crippen LogP contribution in [0.5, 0.6) is 0 Å². The summed E-state index contributed by atoms with van der Waals surface area (Å²) >= 11 is 0. The molecule has 16 rings (SSSR count). The van der Waals surface area contributed by atoms with Crippen molar-refractivity contribution >= 4 is 0 Å². The maximum absolute atomic E-state index is 2.74. The molecule has 0 heteroatoms. The Morgan fingerprint density at radius 1 is 0.141 bits per heavy atom. The Hall–Kier alpha value is -6.24. The Morgan fingerprint density at radius 2 is 0.281 bits per heavy atom. The summed E-state index contributed by atoms with van der Waals surface area (Å²) in [5.74, 6) is 6.20. The van der Waals surface area contributed by atoms with Crippen LogP contribution >= 0.6 is 0 Å². The maximum atomic E-state index is 2.74. The second kappa shape index (κ2) is 11.9. The summed E-state index contributed by atoms with van der Waals surface area (Å²) < 4.78 is 0. The van der Waals surface area contributed by atoms with Crippen LogP contribution < -0.4 is 0 Å². The van der Waals surface area contributed by atoms with Crippen LogP contribution in [-0.2, 0) is 0 Å². The first kappa shape index (κ1) is 34.2. The van der Waals surface area contributed by atoms with Gasteiger partial charge in [-0.15, -0.1) is 0 Å². The van der Waals surface area contributed by atoms with Crippen molar-refractivity contribution < 1.29 is 0 Å². The topological polar surface area (TPSA) is 0 Å². The highest BCUT2D eigenvalue weighted by atomic mass is 14.7. The van der Waals surface area contributed by atoms with E-state index in [0.29, 0.717) is 94.7 Å². The first-order chi connectivity index (χ1) is 31.8. The van der Waals surface area contributed by atoms with Gasteiger partial charge in [0.05, 0.1) is 0 Å². The van der Waals surface area contributed by atoms with Crippen LogP contribution in [-0.4, -0.2) is 0 Å². The second-order valence-corrected chi connectivity index (χ2v) is 21.6. The molecule has 0 aliphatic heterocycles. The normalized spacial score (nSPS) is 35.5. The third-order valence-electron chi connectivity index (χ3n) is 19.8. The zero-order valence-electron chi connectivity index (χ0n) is 35.7. The summed E-state index contributed by atoms with van der Waals surface area (Å²) in [5.41, 5.74) is 25.3. The van der Waals surface area contributed by atoms with Crippen molar-refractivity contribution in [3.63, 3.8) is 0 Å². The molecule has 8 bridgehead atoms. The average Bonchev–Trinajstić information content (AvgIpc) is 3.29. The highest BCUT2D eigenvalue weighted by Crippen LogP contribution is 2.78. The van der Waals surface area contributed by atoms with Gasteiger partial charge in [-0.2, -0.15) is 0 Å². The number of fused-ring (bicyclic) bond motifs is 44. The molecule has 0 radical (unpaired) electrons. The highest BCUT2D eigenvalue weighted by molar-refractivity contribution is 5.65. The summed E-state index contributed by atoms with van der Waals surface area (Å²) in [7, 11) is 0. The van der Waals surface area contributed by atoms with Gasteiger partial charge in [0.15, 0.2) is 0 Å². The Balaban J connectivity index is 1.06. The van der Waals surface area contributed by atoms with Crippen molar-refractivity contribution in [3.8, 4) is 0 Å². The number of benzene rings is 8. The quantitative estimate of drug-likeness (QED) is 0.143. The Bertz CT molecular complexity index is 2690. The fourth-order valence-corrected chi connectivity index (χ4v) is 17.8. The lowest BCUT2D eigenvalue weighted by atomic mass is 9.40. The smallest absolute Gasteiger partial charge is 0.000910 e. The fourth-order valence-electron chi connectivity index (χ4n) is 17.8. The summed E-state index contributed by atoms with van der Waals surface area (Å²) in [5, 5.41) is 0. The monoisotopic (exact) mass is 816 g/mol. The molecule has 8 aliphatic rings. The SMILES string of the molecule is c1cc2cc(c1)C1C3c4cccc(c4)C4C2C2c5ccccc5C5C6c7cccc(c7)C7C(c8cccc(c8)C6C5c5ccccc5C42)C2c4ccccc4C3C1c1ccccc1C72. The molecule has 0 N–H and O–H groups in total. The summed E-state index contributed by atoms with van der Waals surface area (Å²) in [6, 6.07) is 80.5. The summed E-state index contributed by atoms with van der Waals surface area (Å²) in [4.78, 5) is 0. The molecule has 64 heavy (non-hydrogen) atoms. The Kier molecular flexibility index (Phi) is 6.36. The van der Waals surface area contributed by atoms with Gasteiger partial charge >= 0.3 is 0 Å². The number of hydrogen-bond acceptors (Lipinski definition) is 0. The lowest BCUT2D eigenvalue weighted by molar-refractivity contribution is 0.177. The van der Waals surface area contributed by atoms with E-state index in [0.717, 1.165) is 0 Å². The van der Waals surface area contributed by atoms with Gasteiger partial charge in [0.25, 0.3) is 0 Å². The van der Waals surface area contributed by atoms with Crippen LogP contribution in [0.15, 0.2) is 194 Å². The molecule has 4 fully saturated rings. The molecule has 0 heterocycles. The molecule has 0 spiro atoms. The van der Waals surface area contributed by atoms with Crippen molar-refractivity contribution in [3.05, 3.63) is 283 Å². The molecular formula is C64H48. The summed E-state index contributed by atoms with van der Waals surface area (Å²) in [6.07, 6.45) is 0. The molecule has 8 aliphatic carbocycles. The fraction of sp³-hybridized carbons (Fsp3) is 0.250. The van der Waals surface area contributed by atoms with Gasteiger partial charge in [0.1, 0.15) is 0 Å². The predicted molar refractivity (Wildman–Crippen MR) is 255 cm³/mol. The van der Waals surface area contributed by atoms with Crippen molar-refractivity contribution in [1.82, 2.24) is 0 Å².